The second-order valence-electron chi connectivity index (χ2n) is 7.15. The molecule has 2 aromatic heterocycles. The summed E-state index contributed by atoms with van der Waals surface area (Å²) in [6, 6.07) is 1.97. The lowest BCUT2D eigenvalue weighted by atomic mass is 9.89. The number of nitrogens with zero attached hydrogens (tertiary/aromatic N) is 2. The average Bonchev–Trinajstić information content (AvgIpc) is 2.88. The first-order chi connectivity index (χ1) is 10.8. The zero-order chi connectivity index (χ0) is 16.6. The van der Waals surface area contributed by atoms with Crippen molar-refractivity contribution in [2.24, 2.45) is 0 Å². The normalized spacial score (nSPS) is 16.7. The molecule has 1 fully saturated rings. The Morgan fingerprint density at radius 2 is 2.09 bits per heavy atom. The van der Waals surface area contributed by atoms with Gasteiger partial charge in [-0.3, -0.25) is 0 Å². The van der Waals surface area contributed by atoms with Gasteiger partial charge < -0.3 is 20.4 Å². The number of carbonyl (C=O) groups excluding carboxylic acids is 1. The highest BCUT2D eigenvalue weighted by Crippen LogP contribution is 2.33. The van der Waals surface area contributed by atoms with Gasteiger partial charge in [0.2, 0.25) is 0 Å². The van der Waals surface area contributed by atoms with Crippen LogP contribution in [-0.4, -0.2) is 39.7 Å². The Bertz CT molecular complexity index is 709. The number of nitrogens with one attached hydrogen (secondary N) is 1. The van der Waals surface area contributed by atoms with Crippen LogP contribution in [0.4, 0.5) is 10.5 Å². The molecular weight excluding hydrogens is 292 g/mol. The van der Waals surface area contributed by atoms with Crippen LogP contribution in [0.5, 0.6) is 0 Å². The van der Waals surface area contributed by atoms with Gasteiger partial charge in [0.1, 0.15) is 11.2 Å². The average molecular weight is 316 g/mol. The van der Waals surface area contributed by atoms with Crippen LogP contribution in [0.3, 0.4) is 0 Å². The van der Waals surface area contributed by atoms with E-state index < -0.39 is 5.60 Å². The number of piperidine rings is 1. The number of ether oxygens (including phenoxy) is 1. The lowest BCUT2D eigenvalue weighted by Crippen LogP contribution is -2.41. The summed E-state index contributed by atoms with van der Waals surface area (Å²) in [7, 11) is 0. The molecule has 3 N–H and O–H groups in total. The van der Waals surface area contributed by atoms with Crippen LogP contribution in [0.1, 0.15) is 45.1 Å². The summed E-state index contributed by atoms with van der Waals surface area (Å²) in [5, 5.41) is 1.08. The number of aromatic nitrogens is 2. The first-order valence-electron chi connectivity index (χ1n) is 8.04. The molecule has 0 aliphatic carbocycles. The number of hydrogen-bond donors (Lipinski definition) is 2. The van der Waals surface area contributed by atoms with Gasteiger partial charge in [0.15, 0.2) is 0 Å². The number of amides is 1. The summed E-state index contributed by atoms with van der Waals surface area (Å²) in [6.07, 6.45) is 5.29. The van der Waals surface area contributed by atoms with E-state index in [1.807, 2.05) is 33.0 Å². The fourth-order valence-electron chi connectivity index (χ4n) is 3.08. The van der Waals surface area contributed by atoms with Gasteiger partial charge in [0, 0.05) is 24.7 Å². The number of H-pyrrole nitrogens is 1. The van der Waals surface area contributed by atoms with E-state index in [0.29, 0.717) is 24.7 Å². The molecule has 1 aliphatic heterocycles. The number of carbonyl (C=O) groups is 1. The SMILES string of the molecule is CC(C)(C)OC(=O)N1CCC(c2c[nH]c3ncc(N)cc23)CC1. The molecule has 1 amide bonds. The number of aromatic amines is 1. The van der Waals surface area contributed by atoms with E-state index in [9.17, 15) is 4.79 Å². The molecule has 23 heavy (non-hydrogen) atoms. The summed E-state index contributed by atoms with van der Waals surface area (Å²) < 4.78 is 5.44. The van der Waals surface area contributed by atoms with E-state index in [0.717, 1.165) is 23.9 Å². The lowest BCUT2D eigenvalue weighted by molar-refractivity contribution is 0.0205. The molecule has 3 rings (SSSR count). The largest absolute Gasteiger partial charge is 0.444 e. The number of fused-ring (bicyclic) bond motifs is 1. The van der Waals surface area contributed by atoms with E-state index >= 15 is 0 Å². The minimum absolute atomic E-state index is 0.221. The smallest absolute Gasteiger partial charge is 0.410 e. The molecule has 6 heteroatoms. The topological polar surface area (TPSA) is 84.2 Å². The number of likely N-dealkylation sites (tertiary alicyclic amines) is 1. The molecule has 1 aliphatic rings. The van der Waals surface area contributed by atoms with Crippen LogP contribution < -0.4 is 5.73 Å². The van der Waals surface area contributed by atoms with E-state index in [4.69, 9.17) is 10.5 Å². The predicted octanol–water partition coefficient (Wildman–Crippen LogP) is 3.26. The Morgan fingerprint density at radius 1 is 1.39 bits per heavy atom. The number of nitrogens with two attached hydrogens (primary N) is 1. The fourth-order valence-corrected chi connectivity index (χ4v) is 3.08. The third-order valence-corrected chi connectivity index (χ3v) is 4.17. The maximum absolute atomic E-state index is 12.1. The Hall–Kier alpha value is -2.24. The highest BCUT2D eigenvalue weighted by Gasteiger charge is 2.28. The molecule has 6 nitrogen and oxygen atoms in total. The Labute approximate surface area is 136 Å². The molecule has 0 aromatic carbocycles. The number of nitrogen functional groups attached to an aromatic ring is 1. The van der Waals surface area contributed by atoms with Crippen LogP contribution in [-0.2, 0) is 4.74 Å². The molecule has 0 unspecified atom stereocenters. The Morgan fingerprint density at radius 3 is 2.74 bits per heavy atom. The number of anilines is 1. The van der Waals surface area contributed by atoms with E-state index in [1.165, 1.54) is 5.56 Å². The molecular formula is C17H24N4O2. The van der Waals surface area contributed by atoms with Gasteiger partial charge in [-0.2, -0.15) is 0 Å². The van der Waals surface area contributed by atoms with Crippen LogP contribution >= 0.6 is 0 Å². The molecule has 3 heterocycles. The second kappa shape index (κ2) is 5.76. The minimum Gasteiger partial charge on any atom is -0.444 e. The van der Waals surface area contributed by atoms with Crippen LogP contribution in [0, 0.1) is 0 Å². The Kier molecular flexibility index (Phi) is 3.92. The van der Waals surface area contributed by atoms with Gasteiger partial charge in [-0.15, -0.1) is 0 Å². The van der Waals surface area contributed by atoms with Crippen molar-refractivity contribution >= 4 is 22.8 Å². The van der Waals surface area contributed by atoms with Crippen LogP contribution in [0.15, 0.2) is 18.5 Å². The highest BCUT2D eigenvalue weighted by atomic mass is 16.6. The zero-order valence-corrected chi connectivity index (χ0v) is 13.9. The maximum atomic E-state index is 12.1. The third kappa shape index (κ3) is 3.41. The van der Waals surface area contributed by atoms with Gasteiger partial charge >= 0.3 is 6.09 Å². The van der Waals surface area contributed by atoms with Crippen molar-refractivity contribution in [2.75, 3.05) is 18.8 Å². The molecule has 0 bridgehead atoms. The number of pyridine rings is 1. The van der Waals surface area contributed by atoms with E-state index in [1.54, 1.807) is 11.1 Å². The highest BCUT2D eigenvalue weighted by molar-refractivity contribution is 5.83. The monoisotopic (exact) mass is 316 g/mol. The number of hydrogen-bond acceptors (Lipinski definition) is 4. The lowest BCUT2D eigenvalue weighted by Gasteiger charge is -2.33. The standard InChI is InChI=1S/C17H24N4O2/c1-17(2,3)23-16(22)21-6-4-11(5-7-21)14-10-20-15-13(14)8-12(18)9-19-15/h8-11H,4-7,18H2,1-3H3,(H,19,20). The molecule has 0 radical (unpaired) electrons. The molecule has 124 valence electrons. The van der Waals surface area contributed by atoms with Crippen molar-refractivity contribution in [1.29, 1.82) is 0 Å². The fraction of sp³-hybridized carbons (Fsp3) is 0.529. The summed E-state index contributed by atoms with van der Waals surface area (Å²) in [4.78, 5) is 21.5. The van der Waals surface area contributed by atoms with E-state index in [2.05, 4.69) is 9.97 Å². The van der Waals surface area contributed by atoms with Gasteiger partial charge in [0.25, 0.3) is 0 Å². The van der Waals surface area contributed by atoms with Crippen LogP contribution in [0.25, 0.3) is 11.0 Å². The quantitative estimate of drug-likeness (QED) is 0.845. The first-order valence-corrected chi connectivity index (χ1v) is 8.04. The molecule has 2 aromatic rings. The Balaban J connectivity index is 1.69. The molecule has 0 spiro atoms. The maximum Gasteiger partial charge on any atom is 0.410 e. The van der Waals surface area contributed by atoms with Crippen LogP contribution in [0.2, 0.25) is 0 Å². The summed E-state index contributed by atoms with van der Waals surface area (Å²) in [6.45, 7) is 7.09. The third-order valence-electron chi connectivity index (χ3n) is 4.17. The van der Waals surface area contributed by atoms with Crippen molar-refractivity contribution in [1.82, 2.24) is 14.9 Å². The van der Waals surface area contributed by atoms with Crippen molar-refractivity contribution in [3.8, 4) is 0 Å². The molecule has 1 saturated heterocycles. The first kappa shape index (κ1) is 15.6. The minimum atomic E-state index is -0.450. The van der Waals surface area contributed by atoms with Crippen molar-refractivity contribution < 1.29 is 9.53 Å². The summed E-state index contributed by atoms with van der Waals surface area (Å²) >= 11 is 0. The zero-order valence-electron chi connectivity index (χ0n) is 13.9. The van der Waals surface area contributed by atoms with Gasteiger partial charge in [-0.05, 0) is 51.2 Å². The van der Waals surface area contributed by atoms with E-state index in [-0.39, 0.29) is 6.09 Å². The molecule has 0 atom stereocenters. The van der Waals surface area contributed by atoms with Crippen molar-refractivity contribution in [3.05, 3.63) is 24.0 Å². The molecule has 0 saturated carbocycles. The summed E-state index contributed by atoms with van der Waals surface area (Å²) in [5.41, 5.74) is 8.18. The second-order valence-corrected chi connectivity index (χ2v) is 7.15. The number of rotatable bonds is 1. The van der Waals surface area contributed by atoms with Gasteiger partial charge in [0.05, 0.1) is 11.9 Å². The summed E-state index contributed by atoms with van der Waals surface area (Å²) in [5.74, 6) is 0.408. The van der Waals surface area contributed by atoms with Gasteiger partial charge in [-0.25, -0.2) is 9.78 Å². The van der Waals surface area contributed by atoms with Gasteiger partial charge in [-0.1, -0.05) is 0 Å². The van der Waals surface area contributed by atoms with Crippen molar-refractivity contribution in [3.63, 3.8) is 0 Å². The van der Waals surface area contributed by atoms with Crippen molar-refractivity contribution in [2.45, 2.75) is 45.1 Å². The predicted molar refractivity (Wildman–Crippen MR) is 90.3 cm³/mol.